The molecule has 0 aliphatic carbocycles. The molecule has 3 heterocycles. The first-order valence-corrected chi connectivity index (χ1v) is 13.5. The van der Waals surface area contributed by atoms with Gasteiger partial charge in [0.1, 0.15) is 17.0 Å². The molecule has 0 radical (unpaired) electrons. The highest BCUT2D eigenvalue weighted by atomic mass is 32.2. The zero-order chi connectivity index (χ0) is 23.8. The topological polar surface area (TPSA) is 104 Å². The number of amides is 1. The van der Waals surface area contributed by atoms with E-state index in [2.05, 4.69) is 38.8 Å². The number of sulfonamides is 1. The maximum Gasteiger partial charge on any atom is 0.232 e. The van der Waals surface area contributed by atoms with E-state index in [1.165, 1.54) is 10.4 Å². The van der Waals surface area contributed by atoms with Crippen molar-refractivity contribution in [2.45, 2.75) is 40.5 Å². The molecule has 1 fully saturated rings. The molecule has 0 unspecified atom stereocenters. The van der Waals surface area contributed by atoms with Crippen LogP contribution in [0.1, 0.15) is 35.8 Å². The Kier molecular flexibility index (Phi) is 6.58. The first-order chi connectivity index (χ1) is 15.7. The maximum atomic E-state index is 12.9. The van der Waals surface area contributed by atoms with Gasteiger partial charge < -0.3 is 10.2 Å². The lowest BCUT2D eigenvalue weighted by Crippen LogP contribution is -2.38. The number of aryl methyl sites for hydroxylation is 3. The predicted molar refractivity (Wildman–Crippen MR) is 135 cm³/mol. The predicted octanol–water partition coefficient (Wildman–Crippen LogP) is 4.23. The van der Waals surface area contributed by atoms with E-state index in [0.29, 0.717) is 11.4 Å². The fourth-order valence-electron chi connectivity index (χ4n) is 4.10. The van der Waals surface area contributed by atoms with Gasteiger partial charge in [0.2, 0.25) is 15.9 Å². The van der Waals surface area contributed by atoms with Crippen molar-refractivity contribution in [3.8, 4) is 0 Å². The van der Waals surface area contributed by atoms with Gasteiger partial charge in [-0.05, 0) is 69.9 Å². The number of nitrogens with one attached hydrogen (secondary N) is 2. The number of anilines is 3. The summed E-state index contributed by atoms with van der Waals surface area (Å²) in [7, 11) is -3.34. The summed E-state index contributed by atoms with van der Waals surface area (Å²) in [6, 6.07) is 5.21. The highest BCUT2D eigenvalue weighted by Crippen LogP contribution is 2.35. The van der Waals surface area contributed by atoms with Crippen LogP contribution >= 0.6 is 11.3 Å². The molecule has 0 atom stereocenters. The largest absolute Gasteiger partial charge is 0.356 e. The second kappa shape index (κ2) is 9.26. The Bertz CT molecular complexity index is 1290. The molecule has 4 rings (SSSR count). The SMILES string of the molecule is CCS(=O)(=O)Nc1ccc(NC(=O)C2CCN(c3ncnc4sc(C)c(C)c34)CC2)cc1C. The Hall–Kier alpha value is -2.72. The lowest BCUT2D eigenvalue weighted by molar-refractivity contribution is -0.120. The molecule has 2 aromatic heterocycles. The van der Waals surface area contributed by atoms with E-state index in [4.69, 9.17) is 0 Å². The quantitative estimate of drug-likeness (QED) is 0.539. The Morgan fingerprint density at radius 2 is 1.91 bits per heavy atom. The van der Waals surface area contributed by atoms with Crippen LogP contribution in [0.4, 0.5) is 17.2 Å². The third-order valence-electron chi connectivity index (χ3n) is 6.25. The average molecular weight is 488 g/mol. The van der Waals surface area contributed by atoms with E-state index in [9.17, 15) is 13.2 Å². The van der Waals surface area contributed by atoms with Crippen LogP contribution in [0, 0.1) is 26.7 Å². The van der Waals surface area contributed by atoms with Crippen molar-refractivity contribution in [1.82, 2.24) is 9.97 Å². The fourth-order valence-corrected chi connectivity index (χ4v) is 5.80. The molecule has 10 heteroatoms. The van der Waals surface area contributed by atoms with Crippen LogP contribution in [-0.2, 0) is 14.8 Å². The molecule has 1 amide bonds. The van der Waals surface area contributed by atoms with Gasteiger partial charge in [-0.1, -0.05) is 0 Å². The van der Waals surface area contributed by atoms with E-state index < -0.39 is 10.0 Å². The Balaban J connectivity index is 1.40. The molecule has 3 aromatic rings. The maximum absolute atomic E-state index is 12.9. The molecule has 33 heavy (non-hydrogen) atoms. The van der Waals surface area contributed by atoms with Gasteiger partial charge in [0.05, 0.1) is 16.8 Å². The number of fused-ring (bicyclic) bond motifs is 1. The number of benzene rings is 1. The zero-order valence-corrected chi connectivity index (χ0v) is 20.9. The summed E-state index contributed by atoms with van der Waals surface area (Å²) in [4.78, 5) is 26.4. The number of aromatic nitrogens is 2. The number of hydrogen-bond donors (Lipinski definition) is 2. The molecule has 1 aliphatic heterocycles. The number of thiophene rings is 1. The van der Waals surface area contributed by atoms with Gasteiger partial charge in [0.25, 0.3) is 0 Å². The van der Waals surface area contributed by atoms with E-state index in [1.807, 2.05) is 6.92 Å². The van der Waals surface area contributed by atoms with Crippen LogP contribution in [0.3, 0.4) is 0 Å². The van der Waals surface area contributed by atoms with Gasteiger partial charge in [-0.2, -0.15) is 0 Å². The van der Waals surface area contributed by atoms with E-state index >= 15 is 0 Å². The second-order valence-corrected chi connectivity index (χ2v) is 11.7. The van der Waals surface area contributed by atoms with E-state index in [-0.39, 0.29) is 17.6 Å². The summed E-state index contributed by atoms with van der Waals surface area (Å²) in [5.74, 6) is 0.880. The Morgan fingerprint density at radius 1 is 1.18 bits per heavy atom. The van der Waals surface area contributed by atoms with Crippen LogP contribution in [-0.4, -0.2) is 43.1 Å². The molecule has 0 saturated carbocycles. The number of hydrogen-bond acceptors (Lipinski definition) is 7. The number of piperidine rings is 1. The number of nitrogens with zero attached hydrogens (tertiary/aromatic N) is 3. The molecule has 0 bridgehead atoms. The van der Waals surface area contributed by atoms with Crippen LogP contribution in [0.15, 0.2) is 24.5 Å². The minimum absolute atomic E-state index is 0.00803. The molecule has 2 N–H and O–H groups in total. The highest BCUT2D eigenvalue weighted by Gasteiger charge is 2.27. The zero-order valence-electron chi connectivity index (χ0n) is 19.3. The third kappa shape index (κ3) is 4.96. The normalized spacial score (nSPS) is 15.1. The number of rotatable bonds is 6. The number of carbonyl (C=O) groups is 1. The van der Waals surface area contributed by atoms with Crippen molar-refractivity contribution < 1.29 is 13.2 Å². The van der Waals surface area contributed by atoms with Gasteiger partial charge in [-0.25, -0.2) is 18.4 Å². The second-order valence-electron chi connectivity index (χ2n) is 8.45. The minimum Gasteiger partial charge on any atom is -0.356 e. The molecule has 8 nitrogen and oxygen atoms in total. The molecule has 1 aliphatic rings. The van der Waals surface area contributed by atoms with Gasteiger partial charge in [-0.3, -0.25) is 9.52 Å². The van der Waals surface area contributed by atoms with Crippen LogP contribution < -0.4 is 14.9 Å². The van der Waals surface area contributed by atoms with Gasteiger partial charge in [0, 0.05) is 29.6 Å². The molecule has 1 aromatic carbocycles. The molecule has 176 valence electrons. The lowest BCUT2D eigenvalue weighted by Gasteiger charge is -2.32. The van der Waals surface area contributed by atoms with Crippen LogP contribution in [0.25, 0.3) is 10.2 Å². The van der Waals surface area contributed by atoms with Crippen LogP contribution in [0.5, 0.6) is 0 Å². The van der Waals surface area contributed by atoms with Gasteiger partial charge in [-0.15, -0.1) is 11.3 Å². The van der Waals surface area contributed by atoms with Crippen molar-refractivity contribution in [2.24, 2.45) is 5.92 Å². The van der Waals surface area contributed by atoms with Gasteiger partial charge in [0.15, 0.2) is 0 Å². The van der Waals surface area contributed by atoms with Crippen molar-refractivity contribution in [3.63, 3.8) is 0 Å². The smallest absolute Gasteiger partial charge is 0.232 e. The standard InChI is InChI=1S/C23H29N5O3S2/c1-5-33(30,31)27-19-7-6-18(12-14(19)2)26-22(29)17-8-10-28(11-9-17)21-20-15(3)16(4)32-23(20)25-13-24-21/h6-7,12-13,17,27H,5,8-11H2,1-4H3,(H,26,29). The first kappa shape index (κ1) is 23.4. The summed E-state index contributed by atoms with van der Waals surface area (Å²) in [5, 5.41) is 4.12. The average Bonchev–Trinajstić information content (AvgIpc) is 3.09. The molecular weight excluding hydrogens is 458 g/mol. The van der Waals surface area contributed by atoms with Crippen LogP contribution in [0.2, 0.25) is 0 Å². The monoisotopic (exact) mass is 487 g/mol. The highest BCUT2D eigenvalue weighted by molar-refractivity contribution is 7.92. The van der Waals surface area contributed by atoms with E-state index in [0.717, 1.165) is 47.5 Å². The Morgan fingerprint density at radius 3 is 2.58 bits per heavy atom. The number of carbonyl (C=O) groups excluding carboxylic acids is 1. The molecule has 0 spiro atoms. The summed E-state index contributed by atoms with van der Waals surface area (Å²) < 4.78 is 26.2. The summed E-state index contributed by atoms with van der Waals surface area (Å²) in [6.45, 7) is 9.15. The van der Waals surface area contributed by atoms with Crippen molar-refractivity contribution in [3.05, 3.63) is 40.5 Å². The summed E-state index contributed by atoms with van der Waals surface area (Å²) in [6.07, 6.45) is 3.11. The third-order valence-corrected chi connectivity index (χ3v) is 8.66. The van der Waals surface area contributed by atoms with E-state index in [1.54, 1.807) is 42.8 Å². The van der Waals surface area contributed by atoms with Crippen molar-refractivity contribution in [2.75, 3.05) is 33.8 Å². The lowest BCUT2D eigenvalue weighted by atomic mass is 9.95. The van der Waals surface area contributed by atoms with Crippen molar-refractivity contribution >= 4 is 54.7 Å². The van der Waals surface area contributed by atoms with Crippen molar-refractivity contribution in [1.29, 1.82) is 0 Å². The summed E-state index contributed by atoms with van der Waals surface area (Å²) in [5.41, 5.74) is 3.18. The van der Waals surface area contributed by atoms with Gasteiger partial charge >= 0.3 is 0 Å². The summed E-state index contributed by atoms with van der Waals surface area (Å²) >= 11 is 1.69. The Labute approximate surface area is 198 Å². The molecular formula is C23H29N5O3S2. The first-order valence-electron chi connectivity index (χ1n) is 11.1. The molecule has 1 saturated heterocycles. The fraction of sp³-hybridized carbons (Fsp3) is 0.435. The minimum atomic E-state index is -3.34.